The van der Waals surface area contributed by atoms with Gasteiger partial charge in [-0.15, -0.1) is 11.3 Å². The Balaban J connectivity index is 1.67. The zero-order chi connectivity index (χ0) is 13.8. The predicted octanol–water partition coefficient (Wildman–Crippen LogP) is 5.34. The van der Waals surface area contributed by atoms with E-state index in [0.717, 1.165) is 6.54 Å². The Morgan fingerprint density at radius 3 is 2.40 bits per heavy atom. The molecule has 1 nitrogen and oxygen atoms in total. The number of aryl methyl sites for hydroxylation is 1. The average Bonchev–Trinajstić information content (AvgIpc) is 2.97. The van der Waals surface area contributed by atoms with Gasteiger partial charge >= 0.3 is 0 Å². The summed E-state index contributed by atoms with van der Waals surface area (Å²) in [5.41, 5.74) is 5.05. The number of anilines is 1. The van der Waals surface area contributed by atoms with Gasteiger partial charge in [-0.25, -0.2) is 0 Å². The second kappa shape index (κ2) is 5.93. The van der Waals surface area contributed by atoms with E-state index in [1.165, 1.54) is 27.3 Å². The van der Waals surface area contributed by atoms with E-state index in [2.05, 4.69) is 78.3 Å². The standard InChI is InChI=1S/C18H17NS/c1-14-7-9-17(10-8-14)19-12-18-11-16(13-20-18)15-5-3-2-4-6-15/h2-11,13,19H,12H2,1H3. The van der Waals surface area contributed by atoms with Crippen LogP contribution in [0.2, 0.25) is 0 Å². The van der Waals surface area contributed by atoms with Crippen molar-refractivity contribution in [3.05, 3.63) is 76.5 Å². The Morgan fingerprint density at radius 2 is 1.65 bits per heavy atom. The molecule has 0 saturated heterocycles. The zero-order valence-corrected chi connectivity index (χ0v) is 12.3. The van der Waals surface area contributed by atoms with E-state index >= 15 is 0 Å². The highest BCUT2D eigenvalue weighted by atomic mass is 32.1. The quantitative estimate of drug-likeness (QED) is 0.680. The summed E-state index contributed by atoms with van der Waals surface area (Å²) in [5.74, 6) is 0. The van der Waals surface area contributed by atoms with Gasteiger partial charge in [0.15, 0.2) is 0 Å². The summed E-state index contributed by atoms with van der Waals surface area (Å²) in [6.07, 6.45) is 0. The van der Waals surface area contributed by atoms with Crippen LogP contribution >= 0.6 is 11.3 Å². The number of rotatable bonds is 4. The Morgan fingerprint density at radius 1 is 0.900 bits per heavy atom. The Bertz CT molecular complexity index is 668. The van der Waals surface area contributed by atoms with E-state index in [1.807, 2.05) is 0 Å². The summed E-state index contributed by atoms with van der Waals surface area (Å²) < 4.78 is 0. The van der Waals surface area contributed by atoms with E-state index in [0.29, 0.717) is 0 Å². The zero-order valence-electron chi connectivity index (χ0n) is 11.5. The van der Waals surface area contributed by atoms with Crippen molar-refractivity contribution in [3.8, 4) is 11.1 Å². The van der Waals surface area contributed by atoms with Gasteiger partial charge in [-0.3, -0.25) is 0 Å². The molecule has 0 saturated carbocycles. The van der Waals surface area contributed by atoms with Crippen molar-refractivity contribution in [3.63, 3.8) is 0 Å². The fourth-order valence-corrected chi connectivity index (χ4v) is 2.95. The first-order chi connectivity index (χ1) is 9.81. The molecule has 0 amide bonds. The minimum absolute atomic E-state index is 0.876. The molecule has 0 aliphatic rings. The highest BCUT2D eigenvalue weighted by molar-refractivity contribution is 7.10. The highest BCUT2D eigenvalue weighted by Gasteiger charge is 2.02. The first kappa shape index (κ1) is 12.9. The molecule has 0 fully saturated rings. The fraction of sp³-hybridized carbons (Fsp3) is 0.111. The number of benzene rings is 2. The van der Waals surface area contributed by atoms with Crippen molar-refractivity contribution >= 4 is 17.0 Å². The van der Waals surface area contributed by atoms with Gasteiger partial charge in [0.25, 0.3) is 0 Å². The third kappa shape index (κ3) is 3.09. The monoisotopic (exact) mass is 279 g/mol. The van der Waals surface area contributed by atoms with Gasteiger partial charge in [-0.1, -0.05) is 48.0 Å². The van der Waals surface area contributed by atoms with Crippen molar-refractivity contribution in [1.82, 2.24) is 0 Å². The van der Waals surface area contributed by atoms with E-state index in [1.54, 1.807) is 11.3 Å². The smallest absolute Gasteiger partial charge is 0.0494 e. The van der Waals surface area contributed by atoms with Gasteiger partial charge in [-0.2, -0.15) is 0 Å². The van der Waals surface area contributed by atoms with Crippen LogP contribution < -0.4 is 5.32 Å². The first-order valence-electron chi connectivity index (χ1n) is 6.75. The lowest BCUT2D eigenvalue weighted by Crippen LogP contribution is -1.96. The van der Waals surface area contributed by atoms with Crippen LogP contribution in [0.5, 0.6) is 0 Å². The predicted molar refractivity (Wildman–Crippen MR) is 88.3 cm³/mol. The molecule has 2 heteroatoms. The van der Waals surface area contributed by atoms with Gasteiger partial charge in [0.05, 0.1) is 0 Å². The summed E-state index contributed by atoms with van der Waals surface area (Å²) in [6, 6.07) is 21.3. The average molecular weight is 279 g/mol. The van der Waals surface area contributed by atoms with E-state index in [-0.39, 0.29) is 0 Å². The van der Waals surface area contributed by atoms with Crippen LogP contribution in [0, 0.1) is 6.92 Å². The molecule has 0 unspecified atom stereocenters. The van der Waals surface area contributed by atoms with Gasteiger partial charge < -0.3 is 5.32 Å². The lowest BCUT2D eigenvalue weighted by Gasteiger charge is -2.04. The van der Waals surface area contributed by atoms with Crippen LogP contribution in [-0.4, -0.2) is 0 Å². The molecule has 1 heterocycles. The van der Waals surface area contributed by atoms with E-state index < -0.39 is 0 Å². The van der Waals surface area contributed by atoms with Crippen molar-refractivity contribution in [2.45, 2.75) is 13.5 Å². The molecule has 3 aromatic rings. The van der Waals surface area contributed by atoms with Crippen molar-refractivity contribution in [2.24, 2.45) is 0 Å². The maximum Gasteiger partial charge on any atom is 0.0494 e. The van der Waals surface area contributed by atoms with E-state index in [9.17, 15) is 0 Å². The first-order valence-corrected chi connectivity index (χ1v) is 7.62. The molecule has 1 N–H and O–H groups in total. The van der Waals surface area contributed by atoms with Crippen LogP contribution in [0.25, 0.3) is 11.1 Å². The summed E-state index contributed by atoms with van der Waals surface area (Å²) in [5, 5.41) is 5.69. The third-order valence-electron chi connectivity index (χ3n) is 3.28. The molecule has 2 aromatic carbocycles. The number of hydrogen-bond donors (Lipinski definition) is 1. The molecule has 0 aliphatic heterocycles. The lowest BCUT2D eigenvalue weighted by molar-refractivity contribution is 1.19. The summed E-state index contributed by atoms with van der Waals surface area (Å²) in [6.45, 7) is 2.98. The second-order valence-electron chi connectivity index (χ2n) is 4.89. The second-order valence-corrected chi connectivity index (χ2v) is 5.88. The van der Waals surface area contributed by atoms with Gasteiger partial charge in [0, 0.05) is 17.1 Å². The molecule has 3 rings (SSSR count). The normalized spacial score (nSPS) is 10.4. The Hall–Kier alpha value is -2.06. The van der Waals surface area contributed by atoms with Gasteiger partial charge in [0.2, 0.25) is 0 Å². The minimum Gasteiger partial charge on any atom is -0.380 e. The number of hydrogen-bond acceptors (Lipinski definition) is 2. The molecule has 100 valence electrons. The molecule has 0 atom stereocenters. The van der Waals surface area contributed by atoms with Crippen molar-refractivity contribution in [2.75, 3.05) is 5.32 Å². The van der Waals surface area contributed by atoms with Crippen molar-refractivity contribution < 1.29 is 0 Å². The van der Waals surface area contributed by atoms with Crippen LogP contribution in [0.4, 0.5) is 5.69 Å². The molecule has 0 aliphatic carbocycles. The number of nitrogens with one attached hydrogen (secondary N) is 1. The van der Waals surface area contributed by atoms with Gasteiger partial charge in [0.1, 0.15) is 0 Å². The molecule has 1 aromatic heterocycles. The third-order valence-corrected chi connectivity index (χ3v) is 4.22. The topological polar surface area (TPSA) is 12.0 Å². The van der Waals surface area contributed by atoms with Crippen LogP contribution in [0.3, 0.4) is 0 Å². The fourth-order valence-electron chi connectivity index (χ4n) is 2.12. The molecular weight excluding hydrogens is 262 g/mol. The largest absolute Gasteiger partial charge is 0.380 e. The molecule has 0 spiro atoms. The SMILES string of the molecule is Cc1ccc(NCc2cc(-c3ccccc3)cs2)cc1. The lowest BCUT2D eigenvalue weighted by atomic mass is 10.1. The molecule has 0 bridgehead atoms. The van der Waals surface area contributed by atoms with Crippen molar-refractivity contribution in [1.29, 1.82) is 0 Å². The van der Waals surface area contributed by atoms with Gasteiger partial charge in [-0.05, 0) is 41.6 Å². The Kier molecular flexibility index (Phi) is 3.84. The molecular formula is C18H17NS. The maximum absolute atomic E-state index is 3.46. The Labute approximate surface area is 123 Å². The van der Waals surface area contributed by atoms with Crippen LogP contribution in [-0.2, 0) is 6.54 Å². The minimum atomic E-state index is 0.876. The molecule has 0 radical (unpaired) electrons. The van der Waals surface area contributed by atoms with E-state index in [4.69, 9.17) is 0 Å². The van der Waals surface area contributed by atoms with Crippen LogP contribution in [0.15, 0.2) is 66.0 Å². The summed E-state index contributed by atoms with van der Waals surface area (Å²) >= 11 is 1.80. The summed E-state index contributed by atoms with van der Waals surface area (Å²) in [7, 11) is 0. The highest BCUT2D eigenvalue weighted by Crippen LogP contribution is 2.26. The number of thiophene rings is 1. The maximum atomic E-state index is 3.46. The summed E-state index contributed by atoms with van der Waals surface area (Å²) in [4.78, 5) is 1.35. The molecule has 20 heavy (non-hydrogen) atoms. The van der Waals surface area contributed by atoms with Crippen LogP contribution in [0.1, 0.15) is 10.4 Å².